The van der Waals surface area contributed by atoms with Crippen LogP contribution in [0.1, 0.15) is 70.5 Å². The molecule has 0 radical (unpaired) electrons. The van der Waals surface area contributed by atoms with Gasteiger partial charge in [0.05, 0.1) is 6.10 Å². The number of benzene rings is 1. The SMILES string of the molecule is CCCCCCCCC(C(C)=O)C(O)c1ccccc1. The molecule has 2 heteroatoms. The third-order valence-electron chi connectivity index (χ3n) is 3.91. The van der Waals surface area contributed by atoms with E-state index in [1.807, 2.05) is 30.3 Å². The lowest BCUT2D eigenvalue weighted by Crippen LogP contribution is -2.20. The first-order chi connectivity index (χ1) is 9.66. The van der Waals surface area contributed by atoms with Crippen LogP contribution in [-0.4, -0.2) is 10.9 Å². The monoisotopic (exact) mass is 276 g/mol. The van der Waals surface area contributed by atoms with Crippen molar-refractivity contribution in [2.75, 3.05) is 0 Å². The number of carbonyl (C=O) groups is 1. The number of rotatable bonds is 10. The molecule has 1 aromatic rings. The maximum Gasteiger partial charge on any atom is 0.135 e. The van der Waals surface area contributed by atoms with Gasteiger partial charge in [-0.05, 0) is 18.9 Å². The van der Waals surface area contributed by atoms with Crippen LogP contribution in [0.15, 0.2) is 30.3 Å². The van der Waals surface area contributed by atoms with Gasteiger partial charge >= 0.3 is 0 Å². The maximum atomic E-state index is 11.8. The third-order valence-corrected chi connectivity index (χ3v) is 3.91. The van der Waals surface area contributed by atoms with Gasteiger partial charge in [0.15, 0.2) is 0 Å². The maximum absolute atomic E-state index is 11.8. The van der Waals surface area contributed by atoms with Crippen LogP contribution in [0.4, 0.5) is 0 Å². The fraction of sp³-hybridized carbons (Fsp3) is 0.611. The smallest absolute Gasteiger partial charge is 0.135 e. The Bertz CT molecular complexity index is 372. The number of hydrogen-bond donors (Lipinski definition) is 1. The molecule has 0 spiro atoms. The highest BCUT2D eigenvalue weighted by Crippen LogP contribution is 2.27. The largest absolute Gasteiger partial charge is 0.388 e. The minimum absolute atomic E-state index is 0.0925. The molecule has 1 aromatic carbocycles. The average Bonchev–Trinajstić information content (AvgIpc) is 2.46. The van der Waals surface area contributed by atoms with E-state index in [2.05, 4.69) is 6.92 Å². The summed E-state index contributed by atoms with van der Waals surface area (Å²) < 4.78 is 0. The second-order valence-electron chi connectivity index (χ2n) is 5.63. The summed E-state index contributed by atoms with van der Waals surface area (Å²) in [5.41, 5.74) is 0.846. The Labute approximate surface area is 123 Å². The van der Waals surface area contributed by atoms with E-state index in [1.165, 1.54) is 25.7 Å². The molecule has 2 unspecified atom stereocenters. The molecule has 0 saturated carbocycles. The lowest BCUT2D eigenvalue weighted by molar-refractivity contribution is -0.124. The van der Waals surface area contributed by atoms with Crippen LogP contribution in [0.5, 0.6) is 0 Å². The highest BCUT2D eigenvalue weighted by molar-refractivity contribution is 5.79. The van der Waals surface area contributed by atoms with Gasteiger partial charge in [-0.15, -0.1) is 0 Å². The molecular weight excluding hydrogens is 248 g/mol. The summed E-state index contributed by atoms with van der Waals surface area (Å²) in [4.78, 5) is 11.8. The van der Waals surface area contributed by atoms with Crippen molar-refractivity contribution in [1.29, 1.82) is 0 Å². The molecule has 0 aliphatic rings. The summed E-state index contributed by atoms with van der Waals surface area (Å²) >= 11 is 0. The summed E-state index contributed by atoms with van der Waals surface area (Å²) in [6, 6.07) is 9.51. The van der Waals surface area contributed by atoms with Crippen molar-refractivity contribution < 1.29 is 9.90 Å². The molecule has 112 valence electrons. The molecule has 2 atom stereocenters. The first kappa shape index (κ1) is 16.9. The Morgan fingerprint density at radius 1 is 1.05 bits per heavy atom. The minimum atomic E-state index is -0.663. The lowest BCUT2D eigenvalue weighted by Gasteiger charge is -2.20. The summed E-state index contributed by atoms with van der Waals surface area (Å²) in [7, 11) is 0. The summed E-state index contributed by atoms with van der Waals surface area (Å²) in [5.74, 6) is -0.168. The summed E-state index contributed by atoms with van der Waals surface area (Å²) in [6.07, 6.45) is 7.37. The number of aliphatic hydroxyl groups excluding tert-OH is 1. The van der Waals surface area contributed by atoms with Gasteiger partial charge in [0, 0.05) is 5.92 Å². The minimum Gasteiger partial charge on any atom is -0.388 e. The number of hydrogen-bond acceptors (Lipinski definition) is 2. The van der Waals surface area contributed by atoms with Gasteiger partial charge < -0.3 is 5.11 Å². The number of unbranched alkanes of at least 4 members (excludes halogenated alkanes) is 5. The zero-order valence-corrected chi connectivity index (χ0v) is 12.8. The van der Waals surface area contributed by atoms with Gasteiger partial charge in [-0.2, -0.15) is 0 Å². The predicted molar refractivity (Wildman–Crippen MR) is 83.6 cm³/mol. The Morgan fingerprint density at radius 2 is 1.65 bits per heavy atom. The van der Waals surface area contributed by atoms with Crippen LogP contribution in [0.2, 0.25) is 0 Å². The van der Waals surface area contributed by atoms with Crippen molar-refractivity contribution in [2.45, 2.75) is 64.9 Å². The van der Waals surface area contributed by atoms with Crippen molar-refractivity contribution in [3.63, 3.8) is 0 Å². The van der Waals surface area contributed by atoms with E-state index in [-0.39, 0.29) is 11.7 Å². The number of aliphatic hydroxyl groups is 1. The molecule has 1 N–H and O–H groups in total. The third kappa shape index (κ3) is 5.87. The Hall–Kier alpha value is -1.15. The van der Waals surface area contributed by atoms with Gasteiger partial charge in [-0.3, -0.25) is 4.79 Å². The summed E-state index contributed by atoms with van der Waals surface area (Å²) in [5, 5.41) is 10.4. The first-order valence-electron chi connectivity index (χ1n) is 7.90. The van der Waals surface area contributed by atoms with Crippen molar-refractivity contribution in [1.82, 2.24) is 0 Å². The van der Waals surface area contributed by atoms with Gasteiger partial charge in [-0.1, -0.05) is 75.8 Å². The van der Waals surface area contributed by atoms with E-state index in [0.29, 0.717) is 0 Å². The van der Waals surface area contributed by atoms with Crippen molar-refractivity contribution >= 4 is 5.78 Å². The van der Waals surface area contributed by atoms with Gasteiger partial charge in [-0.25, -0.2) is 0 Å². The van der Waals surface area contributed by atoms with Crippen LogP contribution in [0.3, 0.4) is 0 Å². The molecule has 0 aliphatic heterocycles. The topological polar surface area (TPSA) is 37.3 Å². The molecule has 0 aliphatic carbocycles. The molecular formula is C18H28O2. The standard InChI is InChI=1S/C18H28O2/c1-3-4-5-6-7-11-14-17(15(2)19)18(20)16-12-9-8-10-13-16/h8-10,12-13,17-18,20H,3-7,11,14H2,1-2H3. The highest BCUT2D eigenvalue weighted by atomic mass is 16.3. The van der Waals surface area contributed by atoms with Crippen LogP contribution in [0, 0.1) is 5.92 Å². The Kier molecular flexibility index (Phi) is 8.20. The molecule has 0 bridgehead atoms. The van der Waals surface area contributed by atoms with E-state index >= 15 is 0 Å². The summed E-state index contributed by atoms with van der Waals surface area (Å²) in [6.45, 7) is 3.80. The van der Waals surface area contributed by atoms with Gasteiger partial charge in [0.2, 0.25) is 0 Å². The van der Waals surface area contributed by atoms with Crippen LogP contribution in [-0.2, 0) is 4.79 Å². The molecule has 2 nitrogen and oxygen atoms in total. The first-order valence-corrected chi connectivity index (χ1v) is 7.90. The van der Waals surface area contributed by atoms with Crippen LogP contribution < -0.4 is 0 Å². The number of Topliss-reactive ketones (excluding diaryl/α,β-unsaturated/α-hetero) is 1. The highest BCUT2D eigenvalue weighted by Gasteiger charge is 2.24. The Morgan fingerprint density at radius 3 is 2.25 bits per heavy atom. The van der Waals surface area contributed by atoms with E-state index in [0.717, 1.165) is 24.8 Å². The molecule has 0 saturated heterocycles. The zero-order chi connectivity index (χ0) is 14.8. The molecule has 0 amide bonds. The number of carbonyl (C=O) groups excluding carboxylic acids is 1. The Balaban J connectivity index is 2.42. The van der Waals surface area contributed by atoms with Crippen LogP contribution >= 0.6 is 0 Å². The molecule has 1 rings (SSSR count). The fourth-order valence-electron chi connectivity index (χ4n) is 2.61. The van der Waals surface area contributed by atoms with Crippen molar-refractivity contribution in [3.05, 3.63) is 35.9 Å². The normalized spacial score (nSPS) is 13.9. The van der Waals surface area contributed by atoms with E-state index in [4.69, 9.17) is 0 Å². The van der Waals surface area contributed by atoms with Crippen molar-refractivity contribution in [3.8, 4) is 0 Å². The van der Waals surface area contributed by atoms with E-state index < -0.39 is 6.10 Å². The van der Waals surface area contributed by atoms with Crippen molar-refractivity contribution in [2.24, 2.45) is 5.92 Å². The van der Waals surface area contributed by atoms with Gasteiger partial charge in [0.25, 0.3) is 0 Å². The quantitative estimate of drug-likeness (QED) is 0.630. The molecule has 0 aromatic heterocycles. The van der Waals surface area contributed by atoms with E-state index in [9.17, 15) is 9.90 Å². The second kappa shape index (κ2) is 9.71. The fourth-order valence-corrected chi connectivity index (χ4v) is 2.61. The van der Waals surface area contributed by atoms with E-state index in [1.54, 1.807) is 6.92 Å². The zero-order valence-electron chi connectivity index (χ0n) is 12.8. The molecule has 0 fully saturated rings. The molecule has 20 heavy (non-hydrogen) atoms. The second-order valence-corrected chi connectivity index (χ2v) is 5.63. The predicted octanol–water partition coefficient (Wildman–Crippen LogP) is 4.68. The number of ketones is 1. The molecule has 0 heterocycles. The van der Waals surface area contributed by atoms with Crippen LogP contribution in [0.25, 0.3) is 0 Å². The lowest BCUT2D eigenvalue weighted by atomic mass is 9.88. The van der Waals surface area contributed by atoms with Gasteiger partial charge in [0.1, 0.15) is 5.78 Å². The average molecular weight is 276 g/mol.